The van der Waals surface area contributed by atoms with Crippen LogP contribution in [0.15, 0.2) is 59.5 Å². The average Bonchev–Trinajstić information content (AvgIpc) is 3.22. The third kappa shape index (κ3) is 5.89. The molecule has 4 N–H and O–H groups in total. The Morgan fingerprint density at radius 1 is 1.20 bits per heavy atom. The number of benzene rings is 2. The summed E-state index contributed by atoms with van der Waals surface area (Å²) in [6.45, 7) is 3.32. The number of halogens is 5. The Bertz CT molecular complexity index is 1720. The van der Waals surface area contributed by atoms with Crippen LogP contribution in [-0.2, 0) is 11.8 Å². The standard InChI is InChI=1S/C28H24BrF4N5O3/c1-13-9-16(37-26(39)14(2)30)6-8-17(13)23-21(22-24(38(23)3)19(29)11-35-25(22)34)15-5-7-18(20(10-15)41-4)27(40)36-12-28(31,32)33/h5-11H,2,12H2,1,3-4H3,(H2,34,35)(H,36,40)(H,37,39). The summed E-state index contributed by atoms with van der Waals surface area (Å²) in [6, 6.07) is 9.52. The molecule has 2 heterocycles. The van der Waals surface area contributed by atoms with Gasteiger partial charge in [-0.25, -0.2) is 9.37 Å². The van der Waals surface area contributed by atoms with Crippen LogP contribution in [-0.4, -0.2) is 41.2 Å². The van der Waals surface area contributed by atoms with Crippen LogP contribution in [0.4, 0.5) is 29.1 Å². The number of nitrogens with two attached hydrogens (primary N) is 1. The van der Waals surface area contributed by atoms with E-state index in [0.717, 1.165) is 11.1 Å². The van der Waals surface area contributed by atoms with Crippen LogP contribution in [0.2, 0.25) is 0 Å². The van der Waals surface area contributed by atoms with E-state index in [1.54, 1.807) is 30.5 Å². The maximum absolute atomic E-state index is 13.2. The van der Waals surface area contributed by atoms with Gasteiger partial charge in [0, 0.05) is 30.1 Å². The number of nitrogens with one attached hydrogen (secondary N) is 2. The van der Waals surface area contributed by atoms with Crippen molar-refractivity contribution < 1.29 is 31.9 Å². The molecule has 0 aliphatic rings. The molecule has 0 saturated carbocycles. The predicted octanol–water partition coefficient (Wildman–Crippen LogP) is 6.28. The zero-order chi connectivity index (χ0) is 30.2. The van der Waals surface area contributed by atoms with Crippen molar-refractivity contribution in [2.45, 2.75) is 13.1 Å². The maximum atomic E-state index is 13.2. The molecule has 4 rings (SSSR count). The second-order valence-corrected chi connectivity index (χ2v) is 9.95. The van der Waals surface area contributed by atoms with Crippen molar-refractivity contribution >= 4 is 50.2 Å². The molecule has 0 fully saturated rings. The summed E-state index contributed by atoms with van der Waals surface area (Å²) in [7, 11) is 3.13. The molecule has 0 atom stereocenters. The van der Waals surface area contributed by atoms with Crippen molar-refractivity contribution in [3.8, 4) is 28.1 Å². The number of nitrogens with zero attached hydrogens (tertiary/aromatic N) is 2. The van der Waals surface area contributed by atoms with E-state index in [-0.39, 0.29) is 17.1 Å². The van der Waals surface area contributed by atoms with Crippen LogP contribution in [0, 0.1) is 6.92 Å². The summed E-state index contributed by atoms with van der Waals surface area (Å²) >= 11 is 3.54. The van der Waals surface area contributed by atoms with Gasteiger partial charge in [0.05, 0.1) is 33.7 Å². The van der Waals surface area contributed by atoms with Gasteiger partial charge in [0.15, 0.2) is 5.83 Å². The lowest BCUT2D eigenvalue weighted by molar-refractivity contribution is -0.123. The van der Waals surface area contributed by atoms with Crippen molar-refractivity contribution in [1.82, 2.24) is 14.9 Å². The van der Waals surface area contributed by atoms with Gasteiger partial charge in [-0.2, -0.15) is 13.2 Å². The topological polar surface area (TPSA) is 111 Å². The molecule has 0 spiro atoms. The van der Waals surface area contributed by atoms with E-state index in [1.807, 2.05) is 23.9 Å². The molecule has 13 heteroatoms. The molecule has 0 bridgehead atoms. The number of anilines is 2. The van der Waals surface area contributed by atoms with E-state index in [0.29, 0.717) is 37.9 Å². The Kier molecular flexibility index (Phi) is 8.11. The fourth-order valence-corrected chi connectivity index (χ4v) is 5.14. The Balaban J connectivity index is 1.93. The second-order valence-electron chi connectivity index (χ2n) is 9.10. The number of pyridine rings is 1. The quantitative estimate of drug-likeness (QED) is 0.164. The summed E-state index contributed by atoms with van der Waals surface area (Å²) < 4.78 is 59.2. The van der Waals surface area contributed by atoms with E-state index in [1.165, 1.54) is 19.2 Å². The number of aryl methyl sites for hydroxylation is 2. The van der Waals surface area contributed by atoms with Crippen LogP contribution < -0.4 is 21.1 Å². The molecule has 214 valence electrons. The first-order valence-electron chi connectivity index (χ1n) is 12.0. The van der Waals surface area contributed by atoms with Crippen molar-refractivity contribution in [2.24, 2.45) is 7.05 Å². The molecule has 2 aromatic carbocycles. The highest BCUT2D eigenvalue weighted by molar-refractivity contribution is 9.10. The largest absolute Gasteiger partial charge is 0.496 e. The number of carbonyl (C=O) groups is 2. The van der Waals surface area contributed by atoms with E-state index in [9.17, 15) is 27.2 Å². The highest BCUT2D eigenvalue weighted by Crippen LogP contribution is 2.46. The van der Waals surface area contributed by atoms with Gasteiger partial charge in [0.25, 0.3) is 11.8 Å². The molecule has 0 unspecified atom stereocenters. The summed E-state index contributed by atoms with van der Waals surface area (Å²) in [4.78, 5) is 28.6. The molecule has 4 aromatic rings. The van der Waals surface area contributed by atoms with Crippen molar-refractivity contribution in [3.63, 3.8) is 0 Å². The van der Waals surface area contributed by atoms with Crippen LogP contribution in [0.1, 0.15) is 15.9 Å². The monoisotopic (exact) mass is 633 g/mol. The fourth-order valence-electron chi connectivity index (χ4n) is 4.58. The maximum Gasteiger partial charge on any atom is 0.405 e. The third-order valence-corrected chi connectivity index (χ3v) is 6.94. The number of fused-ring (bicyclic) bond motifs is 1. The molecule has 0 saturated heterocycles. The smallest absolute Gasteiger partial charge is 0.405 e. The molecule has 2 amide bonds. The molecular formula is C28H24BrF4N5O3. The first-order chi connectivity index (χ1) is 19.2. The summed E-state index contributed by atoms with van der Waals surface area (Å²) in [5, 5.41) is 4.87. The van der Waals surface area contributed by atoms with Crippen molar-refractivity contribution in [2.75, 3.05) is 24.7 Å². The third-order valence-electron chi connectivity index (χ3n) is 6.36. The minimum atomic E-state index is -4.57. The van der Waals surface area contributed by atoms with Crippen molar-refractivity contribution in [1.29, 1.82) is 0 Å². The molecule has 0 aliphatic heterocycles. The number of aromatic nitrogens is 2. The molecule has 2 aromatic heterocycles. The number of methoxy groups -OCH3 is 1. The van der Waals surface area contributed by atoms with Gasteiger partial charge in [0.1, 0.15) is 18.1 Å². The lowest BCUT2D eigenvalue weighted by Crippen LogP contribution is -2.33. The fraction of sp³-hybridized carbons (Fsp3) is 0.179. The van der Waals surface area contributed by atoms with E-state index in [2.05, 4.69) is 32.8 Å². The van der Waals surface area contributed by atoms with E-state index >= 15 is 0 Å². The van der Waals surface area contributed by atoms with Gasteiger partial charge in [-0.1, -0.05) is 18.7 Å². The minimum Gasteiger partial charge on any atom is -0.496 e. The highest BCUT2D eigenvalue weighted by atomic mass is 79.9. The van der Waals surface area contributed by atoms with Gasteiger partial charge in [-0.15, -0.1) is 0 Å². The SMILES string of the molecule is C=C(F)C(=O)Nc1ccc(-c2c(-c3ccc(C(=O)NCC(F)(F)F)c(OC)c3)c3c(N)ncc(Br)c3n2C)c(C)c1. The number of amides is 2. The normalized spacial score (nSPS) is 11.4. The van der Waals surface area contributed by atoms with E-state index < -0.39 is 30.4 Å². The lowest BCUT2D eigenvalue weighted by atomic mass is 9.94. The van der Waals surface area contributed by atoms with Crippen LogP contribution >= 0.6 is 15.9 Å². The zero-order valence-corrected chi connectivity index (χ0v) is 23.6. The number of ether oxygens (including phenoxy) is 1. The molecule has 8 nitrogen and oxygen atoms in total. The summed E-state index contributed by atoms with van der Waals surface area (Å²) in [6.07, 6.45) is -3.01. The Morgan fingerprint density at radius 3 is 2.51 bits per heavy atom. The summed E-state index contributed by atoms with van der Waals surface area (Å²) in [5.74, 6) is -2.77. The molecular weight excluding hydrogens is 610 g/mol. The highest BCUT2D eigenvalue weighted by Gasteiger charge is 2.29. The first kappa shape index (κ1) is 29.6. The van der Waals surface area contributed by atoms with Gasteiger partial charge in [-0.3, -0.25) is 9.59 Å². The molecule has 41 heavy (non-hydrogen) atoms. The number of rotatable bonds is 7. The summed E-state index contributed by atoms with van der Waals surface area (Å²) in [5.41, 5.74) is 10.6. The van der Waals surface area contributed by atoms with Gasteiger partial charge >= 0.3 is 6.18 Å². The van der Waals surface area contributed by atoms with Crippen LogP contribution in [0.25, 0.3) is 33.3 Å². The van der Waals surface area contributed by atoms with Gasteiger partial charge in [0.2, 0.25) is 0 Å². The number of hydrogen-bond donors (Lipinski definition) is 3. The van der Waals surface area contributed by atoms with Crippen molar-refractivity contribution in [3.05, 3.63) is 70.6 Å². The zero-order valence-electron chi connectivity index (χ0n) is 22.0. The number of hydrogen-bond acceptors (Lipinski definition) is 5. The van der Waals surface area contributed by atoms with E-state index in [4.69, 9.17) is 10.5 Å². The van der Waals surface area contributed by atoms with Crippen LogP contribution in [0.5, 0.6) is 5.75 Å². The second kappa shape index (κ2) is 11.2. The number of nitrogen functional groups attached to an aromatic ring is 1. The van der Waals surface area contributed by atoms with Gasteiger partial charge in [-0.05, 0) is 58.2 Å². The minimum absolute atomic E-state index is 0.0490. The first-order valence-corrected chi connectivity index (χ1v) is 12.7. The predicted molar refractivity (Wildman–Crippen MR) is 152 cm³/mol. The van der Waals surface area contributed by atoms with Crippen LogP contribution in [0.3, 0.4) is 0 Å². The molecule has 0 radical (unpaired) electrons. The Labute approximate surface area is 240 Å². The number of alkyl halides is 3. The lowest BCUT2D eigenvalue weighted by Gasteiger charge is -2.15. The average molecular weight is 634 g/mol. The molecule has 0 aliphatic carbocycles. The van der Waals surface area contributed by atoms with Gasteiger partial charge < -0.3 is 25.7 Å². The Morgan fingerprint density at radius 2 is 1.90 bits per heavy atom. The Hall–Kier alpha value is -4.39. The number of carbonyl (C=O) groups excluding carboxylic acids is 2.